The van der Waals surface area contributed by atoms with Crippen LogP contribution in [0.15, 0.2) is 36.4 Å². The zero-order valence-corrected chi connectivity index (χ0v) is 14.1. The Morgan fingerprint density at radius 3 is 2.54 bits per heavy atom. The first kappa shape index (κ1) is 17.7. The Bertz CT molecular complexity index is 928. The van der Waals surface area contributed by atoms with Crippen LogP contribution in [0.25, 0.3) is 5.69 Å². The molecule has 26 heavy (non-hydrogen) atoms. The molecule has 136 valence electrons. The SMILES string of the molecule is Cc1nn(-c2ccccc2)c(C)c1CNC(=O)c1cc(C(F)(F)F)[nH]n1. The molecule has 0 radical (unpaired) electrons. The normalized spacial score (nSPS) is 11.6. The molecular weight excluding hydrogens is 347 g/mol. The monoisotopic (exact) mass is 363 g/mol. The average molecular weight is 363 g/mol. The van der Waals surface area contributed by atoms with Crippen LogP contribution in [0.3, 0.4) is 0 Å². The van der Waals surface area contributed by atoms with Crippen molar-refractivity contribution in [2.45, 2.75) is 26.6 Å². The third-order valence-corrected chi connectivity index (χ3v) is 3.98. The van der Waals surface area contributed by atoms with Crippen LogP contribution in [0, 0.1) is 13.8 Å². The van der Waals surface area contributed by atoms with Gasteiger partial charge in [-0.15, -0.1) is 0 Å². The van der Waals surface area contributed by atoms with Crippen molar-refractivity contribution < 1.29 is 18.0 Å². The number of alkyl halides is 3. The molecule has 0 fully saturated rings. The summed E-state index contributed by atoms with van der Waals surface area (Å²) >= 11 is 0. The van der Waals surface area contributed by atoms with E-state index in [4.69, 9.17) is 0 Å². The number of carbonyl (C=O) groups is 1. The fourth-order valence-electron chi connectivity index (χ4n) is 2.59. The molecule has 0 saturated carbocycles. The van der Waals surface area contributed by atoms with Gasteiger partial charge in [-0.05, 0) is 26.0 Å². The summed E-state index contributed by atoms with van der Waals surface area (Å²) in [6.07, 6.45) is -4.57. The van der Waals surface area contributed by atoms with Crippen molar-refractivity contribution in [1.82, 2.24) is 25.3 Å². The Morgan fingerprint density at radius 1 is 1.23 bits per heavy atom. The largest absolute Gasteiger partial charge is 0.432 e. The highest BCUT2D eigenvalue weighted by molar-refractivity contribution is 5.92. The van der Waals surface area contributed by atoms with Crippen molar-refractivity contribution in [2.24, 2.45) is 0 Å². The van der Waals surface area contributed by atoms with Gasteiger partial charge in [0.25, 0.3) is 5.91 Å². The minimum absolute atomic E-state index is 0.136. The summed E-state index contributed by atoms with van der Waals surface area (Å²) in [5, 5.41) is 12.3. The van der Waals surface area contributed by atoms with Gasteiger partial charge in [-0.3, -0.25) is 9.89 Å². The summed E-state index contributed by atoms with van der Waals surface area (Å²) in [4.78, 5) is 12.1. The smallest absolute Gasteiger partial charge is 0.346 e. The third kappa shape index (κ3) is 3.46. The van der Waals surface area contributed by atoms with E-state index in [1.807, 2.05) is 49.3 Å². The maximum absolute atomic E-state index is 12.6. The summed E-state index contributed by atoms with van der Waals surface area (Å²) in [7, 11) is 0. The molecule has 3 aromatic rings. The number of hydrogen-bond donors (Lipinski definition) is 2. The van der Waals surface area contributed by atoms with Crippen molar-refractivity contribution >= 4 is 5.91 Å². The highest BCUT2D eigenvalue weighted by atomic mass is 19.4. The second-order valence-electron chi connectivity index (χ2n) is 5.74. The average Bonchev–Trinajstić information content (AvgIpc) is 3.20. The topological polar surface area (TPSA) is 75.6 Å². The van der Waals surface area contributed by atoms with Crippen LogP contribution in [0.2, 0.25) is 0 Å². The van der Waals surface area contributed by atoms with E-state index in [-0.39, 0.29) is 12.2 Å². The number of amides is 1. The van der Waals surface area contributed by atoms with Crippen molar-refractivity contribution in [1.29, 1.82) is 0 Å². The lowest BCUT2D eigenvalue weighted by Crippen LogP contribution is -2.23. The Balaban J connectivity index is 1.75. The maximum atomic E-state index is 12.6. The molecule has 2 N–H and O–H groups in total. The molecule has 1 aromatic carbocycles. The first-order chi connectivity index (χ1) is 12.3. The number of aromatic amines is 1. The molecule has 0 bridgehead atoms. The molecule has 0 aliphatic carbocycles. The lowest BCUT2D eigenvalue weighted by atomic mass is 10.2. The second kappa shape index (κ2) is 6.66. The first-order valence-electron chi connectivity index (χ1n) is 7.78. The van der Waals surface area contributed by atoms with E-state index in [0.717, 1.165) is 22.6 Å². The van der Waals surface area contributed by atoms with Crippen LogP contribution >= 0.6 is 0 Å². The molecule has 1 amide bonds. The number of H-pyrrole nitrogens is 1. The lowest BCUT2D eigenvalue weighted by molar-refractivity contribution is -0.141. The molecule has 0 spiro atoms. The van der Waals surface area contributed by atoms with E-state index in [1.54, 1.807) is 4.68 Å². The Hall–Kier alpha value is -3.10. The molecule has 3 rings (SSSR count). The van der Waals surface area contributed by atoms with Gasteiger partial charge < -0.3 is 5.32 Å². The van der Waals surface area contributed by atoms with Gasteiger partial charge in [0.1, 0.15) is 5.69 Å². The number of benzene rings is 1. The number of halogens is 3. The molecule has 9 heteroatoms. The third-order valence-electron chi connectivity index (χ3n) is 3.98. The molecule has 0 aliphatic rings. The van der Waals surface area contributed by atoms with Crippen molar-refractivity contribution in [3.05, 3.63) is 64.7 Å². The van der Waals surface area contributed by atoms with E-state index >= 15 is 0 Å². The lowest BCUT2D eigenvalue weighted by Gasteiger charge is -2.06. The summed E-state index contributed by atoms with van der Waals surface area (Å²) in [5.74, 6) is -0.692. The van der Waals surface area contributed by atoms with E-state index in [1.165, 1.54) is 0 Å². The molecule has 0 saturated heterocycles. The maximum Gasteiger partial charge on any atom is 0.432 e. The van der Waals surface area contributed by atoms with Gasteiger partial charge in [-0.1, -0.05) is 18.2 Å². The molecule has 0 aliphatic heterocycles. The Kier molecular flexibility index (Phi) is 4.54. The van der Waals surface area contributed by atoms with Crippen molar-refractivity contribution in [3.63, 3.8) is 0 Å². The summed E-state index contributed by atoms with van der Waals surface area (Å²) in [6, 6.07) is 10.2. The van der Waals surface area contributed by atoms with Gasteiger partial charge in [0.05, 0.1) is 11.4 Å². The van der Waals surface area contributed by atoms with Crippen LogP contribution in [0.4, 0.5) is 13.2 Å². The summed E-state index contributed by atoms with van der Waals surface area (Å²) in [5.41, 5.74) is 1.87. The number of aromatic nitrogens is 4. The van der Waals surface area contributed by atoms with Crippen LogP contribution < -0.4 is 5.32 Å². The zero-order valence-electron chi connectivity index (χ0n) is 14.1. The molecular formula is C17H16F3N5O. The number of carbonyl (C=O) groups excluding carboxylic acids is 1. The quantitative estimate of drug-likeness (QED) is 0.748. The number of hydrogen-bond acceptors (Lipinski definition) is 3. The van der Waals surface area contributed by atoms with Gasteiger partial charge >= 0.3 is 6.18 Å². The van der Waals surface area contributed by atoms with Crippen molar-refractivity contribution in [3.8, 4) is 5.69 Å². The van der Waals surface area contributed by atoms with Gasteiger partial charge in [0, 0.05) is 23.9 Å². The van der Waals surface area contributed by atoms with E-state index in [0.29, 0.717) is 6.07 Å². The minimum atomic E-state index is -4.57. The fraction of sp³-hybridized carbons (Fsp3) is 0.235. The molecule has 2 heterocycles. The molecule has 2 aromatic heterocycles. The predicted molar refractivity (Wildman–Crippen MR) is 87.8 cm³/mol. The number of rotatable bonds is 4. The van der Waals surface area contributed by atoms with E-state index in [2.05, 4.69) is 15.5 Å². The standard InChI is InChI=1S/C17H16F3N5O/c1-10-13(11(2)25(24-10)12-6-4-3-5-7-12)9-21-16(26)14-8-15(23-22-14)17(18,19)20/h3-8H,9H2,1-2H3,(H,21,26)(H,22,23). The zero-order chi connectivity index (χ0) is 18.9. The van der Waals surface area contributed by atoms with Gasteiger partial charge in [-0.25, -0.2) is 4.68 Å². The highest BCUT2D eigenvalue weighted by Crippen LogP contribution is 2.27. The highest BCUT2D eigenvalue weighted by Gasteiger charge is 2.33. The number of nitrogens with zero attached hydrogens (tertiary/aromatic N) is 3. The summed E-state index contributed by atoms with van der Waals surface area (Å²) in [6.45, 7) is 3.81. The molecule has 0 atom stereocenters. The van der Waals surface area contributed by atoms with Crippen LogP contribution in [0.1, 0.15) is 33.1 Å². The predicted octanol–water partition coefficient (Wildman–Crippen LogP) is 3.16. The molecule has 6 nitrogen and oxygen atoms in total. The van der Waals surface area contributed by atoms with E-state index in [9.17, 15) is 18.0 Å². The number of aryl methyl sites for hydroxylation is 1. The van der Waals surface area contributed by atoms with Crippen LogP contribution in [0.5, 0.6) is 0 Å². The Morgan fingerprint density at radius 2 is 1.92 bits per heavy atom. The number of para-hydroxylation sites is 1. The first-order valence-corrected chi connectivity index (χ1v) is 7.78. The van der Waals surface area contributed by atoms with Gasteiger partial charge in [0.2, 0.25) is 0 Å². The van der Waals surface area contributed by atoms with Crippen LogP contribution in [-0.4, -0.2) is 25.9 Å². The van der Waals surface area contributed by atoms with Crippen molar-refractivity contribution in [2.75, 3.05) is 0 Å². The van der Waals surface area contributed by atoms with E-state index < -0.39 is 17.8 Å². The fourth-order valence-corrected chi connectivity index (χ4v) is 2.59. The summed E-state index contributed by atoms with van der Waals surface area (Å²) < 4.78 is 39.5. The van der Waals surface area contributed by atoms with Crippen LogP contribution in [-0.2, 0) is 12.7 Å². The Labute approximate surface area is 147 Å². The molecule has 0 unspecified atom stereocenters. The minimum Gasteiger partial charge on any atom is -0.346 e. The van der Waals surface area contributed by atoms with Gasteiger partial charge in [0.15, 0.2) is 5.69 Å². The number of nitrogens with one attached hydrogen (secondary N) is 2. The second-order valence-corrected chi connectivity index (χ2v) is 5.74. The van der Waals surface area contributed by atoms with Gasteiger partial charge in [-0.2, -0.15) is 23.4 Å².